The normalized spacial score (nSPS) is 9.80. The molecule has 0 aliphatic carbocycles. The number of nitrogens with zero attached hydrogens (tertiary/aromatic N) is 1. The molecule has 0 saturated heterocycles. The van der Waals surface area contributed by atoms with E-state index in [0.717, 1.165) is 6.08 Å². The molecule has 0 aromatic rings. The quantitative estimate of drug-likeness (QED) is 0.449. The first-order valence-electron chi connectivity index (χ1n) is 2.70. The molecule has 0 radical (unpaired) electrons. The highest BCUT2D eigenvalue weighted by molar-refractivity contribution is 5.87. The predicted molar refractivity (Wildman–Crippen MR) is 37.7 cm³/mol. The third-order valence-electron chi connectivity index (χ3n) is 0.793. The molecule has 52 valence electrons. The van der Waals surface area contributed by atoms with E-state index in [1.807, 2.05) is 6.07 Å². The Bertz CT molecular complexity index is 210. The minimum atomic E-state index is -0.311. The molecule has 0 spiro atoms. The van der Waals surface area contributed by atoms with Crippen molar-refractivity contribution >= 4 is 5.91 Å². The number of rotatable bonds is 2. The maximum absolute atomic E-state index is 10.4. The molecule has 0 aliphatic rings. The van der Waals surface area contributed by atoms with E-state index in [-0.39, 0.29) is 5.91 Å². The Morgan fingerprint density at radius 2 is 2.40 bits per heavy atom. The maximum atomic E-state index is 10.4. The van der Waals surface area contributed by atoms with Crippen LogP contribution in [0.25, 0.3) is 0 Å². The summed E-state index contributed by atoms with van der Waals surface area (Å²) in [7, 11) is 0. The summed E-state index contributed by atoms with van der Waals surface area (Å²) in [5.41, 5.74) is 0.454. The molecule has 0 aromatic carbocycles. The molecule has 0 fully saturated rings. The van der Waals surface area contributed by atoms with Crippen molar-refractivity contribution in [3.63, 3.8) is 0 Å². The van der Waals surface area contributed by atoms with Crippen LogP contribution < -0.4 is 5.32 Å². The number of hydrogen-bond acceptors (Lipinski definition) is 2. The Labute approximate surface area is 59.7 Å². The van der Waals surface area contributed by atoms with Crippen molar-refractivity contribution in [2.45, 2.75) is 6.92 Å². The molecule has 1 amide bonds. The minimum absolute atomic E-state index is 0.311. The first-order valence-corrected chi connectivity index (χ1v) is 2.70. The fraction of sp³-hybridized carbons (Fsp3) is 0.143. The molecule has 0 rings (SSSR count). The van der Waals surface area contributed by atoms with Crippen molar-refractivity contribution in [2.24, 2.45) is 0 Å². The summed E-state index contributed by atoms with van der Waals surface area (Å²) < 4.78 is 0. The van der Waals surface area contributed by atoms with Gasteiger partial charge in [0.25, 0.3) is 0 Å². The Balaban J connectivity index is 3.86. The van der Waals surface area contributed by atoms with E-state index < -0.39 is 0 Å². The lowest BCUT2D eigenvalue weighted by Gasteiger charge is -1.90. The maximum Gasteiger partial charge on any atom is 0.247 e. The Morgan fingerprint density at radius 1 is 1.80 bits per heavy atom. The summed E-state index contributed by atoms with van der Waals surface area (Å²) in [6.07, 6.45) is 2.48. The fourth-order valence-electron chi connectivity index (χ4n) is 0.271. The summed E-state index contributed by atoms with van der Waals surface area (Å²) >= 11 is 0. The summed E-state index contributed by atoms with van der Waals surface area (Å²) in [5.74, 6) is -0.311. The van der Waals surface area contributed by atoms with Crippen LogP contribution in [0.4, 0.5) is 0 Å². The van der Waals surface area contributed by atoms with E-state index >= 15 is 0 Å². The van der Waals surface area contributed by atoms with Crippen molar-refractivity contribution in [1.29, 1.82) is 5.26 Å². The zero-order chi connectivity index (χ0) is 7.98. The van der Waals surface area contributed by atoms with E-state index in [2.05, 4.69) is 11.9 Å². The van der Waals surface area contributed by atoms with Crippen molar-refractivity contribution in [3.8, 4) is 6.07 Å². The van der Waals surface area contributed by atoms with Crippen LogP contribution >= 0.6 is 0 Å². The van der Waals surface area contributed by atoms with Gasteiger partial charge in [0, 0.05) is 11.8 Å². The van der Waals surface area contributed by atoms with Crippen LogP contribution in [-0.2, 0) is 4.79 Å². The van der Waals surface area contributed by atoms with E-state index in [0.29, 0.717) is 5.57 Å². The van der Waals surface area contributed by atoms with Gasteiger partial charge in [0.1, 0.15) is 0 Å². The second-order valence-electron chi connectivity index (χ2n) is 1.65. The molecule has 0 saturated carbocycles. The van der Waals surface area contributed by atoms with Gasteiger partial charge in [0.05, 0.1) is 6.07 Å². The van der Waals surface area contributed by atoms with Gasteiger partial charge in [-0.2, -0.15) is 5.26 Å². The molecule has 0 aliphatic heterocycles. The van der Waals surface area contributed by atoms with Crippen LogP contribution in [0.2, 0.25) is 0 Å². The van der Waals surface area contributed by atoms with Gasteiger partial charge in [-0.25, -0.2) is 0 Å². The highest BCUT2D eigenvalue weighted by atomic mass is 16.1. The van der Waals surface area contributed by atoms with Gasteiger partial charge in [0.15, 0.2) is 0 Å². The zero-order valence-electron chi connectivity index (χ0n) is 5.72. The van der Waals surface area contributed by atoms with E-state index in [9.17, 15) is 4.79 Å². The molecule has 0 bridgehead atoms. The number of carbonyl (C=O) groups excluding carboxylic acids is 1. The monoisotopic (exact) mass is 136 g/mol. The van der Waals surface area contributed by atoms with Gasteiger partial charge in [-0.05, 0) is 13.0 Å². The van der Waals surface area contributed by atoms with Crippen molar-refractivity contribution in [2.75, 3.05) is 0 Å². The average Bonchev–Trinajstić information content (AvgIpc) is 1.99. The van der Waals surface area contributed by atoms with E-state index in [1.165, 1.54) is 6.20 Å². The van der Waals surface area contributed by atoms with Crippen molar-refractivity contribution < 1.29 is 4.79 Å². The molecule has 3 nitrogen and oxygen atoms in total. The van der Waals surface area contributed by atoms with Gasteiger partial charge in [0.2, 0.25) is 5.91 Å². The summed E-state index contributed by atoms with van der Waals surface area (Å²) in [5, 5.41) is 10.6. The molecular formula is C7H8N2O. The number of nitrogens with one attached hydrogen (secondary N) is 1. The zero-order valence-corrected chi connectivity index (χ0v) is 5.72. The summed E-state index contributed by atoms with van der Waals surface area (Å²) in [6, 6.07) is 1.86. The first kappa shape index (κ1) is 8.44. The fourth-order valence-corrected chi connectivity index (χ4v) is 0.271. The molecule has 1 N–H and O–H groups in total. The number of allylic oxidation sites excluding steroid dienone is 1. The van der Waals surface area contributed by atoms with Crippen LogP contribution in [0.15, 0.2) is 24.4 Å². The van der Waals surface area contributed by atoms with Crippen LogP contribution in [0.1, 0.15) is 6.92 Å². The number of nitriles is 1. The Morgan fingerprint density at radius 3 is 2.80 bits per heavy atom. The molecule has 0 heterocycles. The standard InChI is InChI=1S/C7H8N2O/c1-3-7(10)9-5-6(2)4-8/h3,5H,1H2,2H3,(H,9,10). The smallest absolute Gasteiger partial charge is 0.247 e. The van der Waals surface area contributed by atoms with Gasteiger partial charge in [-0.15, -0.1) is 0 Å². The number of amides is 1. The van der Waals surface area contributed by atoms with Gasteiger partial charge >= 0.3 is 0 Å². The molecule has 0 unspecified atom stereocenters. The van der Waals surface area contributed by atoms with Crippen LogP contribution in [0, 0.1) is 11.3 Å². The number of hydrogen-bond donors (Lipinski definition) is 1. The Hall–Kier alpha value is -1.56. The van der Waals surface area contributed by atoms with Crippen LogP contribution in [0.3, 0.4) is 0 Å². The van der Waals surface area contributed by atoms with Crippen molar-refractivity contribution in [1.82, 2.24) is 5.32 Å². The largest absolute Gasteiger partial charge is 0.328 e. The highest BCUT2D eigenvalue weighted by Crippen LogP contribution is 1.83. The number of carbonyl (C=O) groups is 1. The van der Waals surface area contributed by atoms with Gasteiger partial charge in [-0.1, -0.05) is 6.58 Å². The lowest BCUT2D eigenvalue weighted by Crippen LogP contribution is -2.13. The minimum Gasteiger partial charge on any atom is -0.328 e. The van der Waals surface area contributed by atoms with Crippen LogP contribution in [0.5, 0.6) is 0 Å². The van der Waals surface area contributed by atoms with Gasteiger partial charge in [-0.3, -0.25) is 4.79 Å². The second kappa shape index (κ2) is 4.33. The first-order chi connectivity index (χ1) is 4.70. The molecule has 0 atom stereocenters. The molecule has 3 heteroatoms. The van der Waals surface area contributed by atoms with E-state index in [4.69, 9.17) is 5.26 Å². The molecular weight excluding hydrogens is 128 g/mol. The summed E-state index contributed by atoms with van der Waals surface area (Å²) in [6.45, 7) is 4.84. The SMILES string of the molecule is C=CC(=O)NC=C(C)C#N. The van der Waals surface area contributed by atoms with Crippen molar-refractivity contribution in [3.05, 3.63) is 24.4 Å². The third kappa shape index (κ3) is 3.44. The predicted octanol–water partition coefficient (Wildman–Crippen LogP) is 0.716. The highest BCUT2D eigenvalue weighted by Gasteiger charge is 1.87. The molecule has 0 aromatic heterocycles. The second-order valence-corrected chi connectivity index (χ2v) is 1.65. The Kier molecular flexibility index (Phi) is 3.66. The average molecular weight is 136 g/mol. The van der Waals surface area contributed by atoms with E-state index in [1.54, 1.807) is 6.92 Å². The molecule has 10 heavy (non-hydrogen) atoms. The van der Waals surface area contributed by atoms with Gasteiger partial charge < -0.3 is 5.32 Å². The lowest BCUT2D eigenvalue weighted by atomic mass is 10.4. The van der Waals surface area contributed by atoms with Crippen LogP contribution in [-0.4, -0.2) is 5.91 Å². The lowest BCUT2D eigenvalue weighted by molar-refractivity contribution is -0.115. The summed E-state index contributed by atoms with van der Waals surface area (Å²) in [4.78, 5) is 10.4. The topological polar surface area (TPSA) is 52.9 Å². The third-order valence-corrected chi connectivity index (χ3v) is 0.793.